The van der Waals surface area contributed by atoms with Gasteiger partial charge >= 0.3 is 12.2 Å². The lowest BCUT2D eigenvalue weighted by atomic mass is 9.95. The first-order chi connectivity index (χ1) is 26.4. The molecule has 1 unspecified atom stereocenters. The summed E-state index contributed by atoms with van der Waals surface area (Å²) in [5, 5.41) is 13.3. The summed E-state index contributed by atoms with van der Waals surface area (Å²) < 4.78 is 52.8. The number of carbonyl (C=O) groups is 3. The van der Waals surface area contributed by atoms with Crippen LogP contribution in [0.2, 0.25) is 0 Å². The number of nitrogens with one attached hydrogen (secondary N) is 1. The fraction of sp³-hybridized carbons (Fsp3) is 0.425. The fourth-order valence-corrected chi connectivity index (χ4v) is 7.10. The summed E-state index contributed by atoms with van der Waals surface area (Å²) in [4.78, 5) is 39.7. The lowest BCUT2D eigenvalue weighted by molar-refractivity contribution is -0.125. The summed E-state index contributed by atoms with van der Waals surface area (Å²) in [6, 6.07) is 9.76. The van der Waals surface area contributed by atoms with Crippen molar-refractivity contribution in [3.05, 3.63) is 77.2 Å². The van der Waals surface area contributed by atoms with E-state index in [2.05, 4.69) is 22.1 Å². The molecule has 3 amide bonds. The van der Waals surface area contributed by atoms with E-state index in [4.69, 9.17) is 18.9 Å². The van der Waals surface area contributed by atoms with Gasteiger partial charge in [-0.2, -0.15) is 0 Å². The van der Waals surface area contributed by atoms with Gasteiger partial charge < -0.3 is 34.1 Å². The first-order valence-electron chi connectivity index (χ1n) is 18.3. The second-order valence-electron chi connectivity index (χ2n) is 13.7. The zero-order chi connectivity index (χ0) is 39.7. The molecule has 0 spiro atoms. The minimum Gasteiger partial charge on any atom is -0.490 e. The van der Waals surface area contributed by atoms with Crippen molar-refractivity contribution >= 4 is 39.5 Å². The number of alkyl carbamates (subject to hydrolysis) is 1. The van der Waals surface area contributed by atoms with Crippen molar-refractivity contribution in [3.63, 3.8) is 0 Å². The molecule has 12 nitrogen and oxygen atoms in total. The van der Waals surface area contributed by atoms with Gasteiger partial charge in [-0.15, -0.1) is 21.5 Å². The molecule has 0 bridgehead atoms. The van der Waals surface area contributed by atoms with Crippen molar-refractivity contribution in [1.29, 1.82) is 0 Å². The predicted molar refractivity (Wildman–Crippen MR) is 206 cm³/mol. The number of ether oxygens (including phenoxy) is 4. The molecule has 294 valence electrons. The number of amides is 3. The Labute approximate surface area is 323 Å². The van der Waals surface area contributed by atoms with E-state index in [9.17, 15) is 18.8 Å². The molecule has 1 fully saturated rings. The number of nitrogens with zero attached hydrogens (tertiary/aromatic N) is 4. The fourth-order valence-electron chi connectivity index (χ4n) is 6.18. The standard InChI is InChI=1S/C38H41F2N5O7S.C2H6/c1-5-31(46)44-14-11-27(21-44)51-36(47)41-12-15-49-16-17-50-30-19-26(39)8-9-28(30)34-35-32(29(40)22-53-35)33(42-43-34)24-6-7-25-20-45(13-10-23(25)18-24)37(48)52-38(2,3)4;1-2/h5-9,18-19,22,27H,1,10-17,20-21H2,2-4H3,(H,41,47);1-2H3. The van der Waals surface area contributed by atoms with Crippen LogP contribution in [0.25, 0.3) is 32.6 Å². The average molecular weight is 780 g/mol. The van der Waals surface area contributed by atoms with Crippen LogP contribution < -0.4 is 10.1 Å². The van der Waals surface area contributed by atoms with Crippen LogP contribution in [0.15, 0.2) is 54.4 Å². The molecule has 55 heavy (non-hydrogen) atoms. The van der Waals surface area contributed by atoms with Gasteiger partial charge in [0.1, 0.15) is 47.1 Å². The van der Waals surface area contributed by atoms with Gasteiger partial charge in [0, 0.05) is 55.2 Å². The number of hydrogen-bond donors (Lipinski definition) is 1. The van der Waals surface area contributed by atoms with Crippen LogP contribution >= 0.6 is 11.3 Å². The highest BCUT2D eigenvalue weighted by molar-refractivity contribution is 7.17. The monoisotopic (exact) mass is 779 g/mol. The first kappa shape index (κ1) is 41.0. The maximum atomic E-state index is 15.5. The molecule has 1 saturated heterocycles. The van der Waals surface area contributed by atoms with E-state index >= 15 is 4.39 Å². The molecular formula is C40H47F2N5O7S. The van der Waals surface area contributed by atoms with Crippen molar-refractivity contribution < 1.29 is 42.1 Å². The van der Waals surface area contributed by atoms with Crippen LogP contribution in [0.3, 0.4) is 0 Å². The molecule has 2 aliphatic heterocycles. The van der Waals surface area contributed by atoms with Crippen LogP contribution in [-0.4, -0.2) is 95.8 Å². The highest BCUT2D eigenvalue weighted by atomic mass is 32.1. The Bertz CT molecular complexity index is 2020. The van der Waals surface area contributed by atoms with Gasteiger partial charge in [0.25, 0.3) is 0 Å². The van der Waals surface area contributed by atoms with E-state index in [1.807, 2.05) is 52.8 Å². The Balaban J connectivity index is 0.00000285. The van der Waals surface area contributed by atoms with E-state index in [-0.39, 0.29) is 50.2 Å². The van der Waals surface area contributed by atoms with Crippen molar-refractivity contribution in [1.82, 2.24) is 25.3 Å². The summed E-state index contributed by atoms with van der Waals surface area (Å²) >= 11 is 1.17. The zero-order valence-corrected chi connectivity index (χ0v) is 32.6. The van der Waals surface area contributed by atoms with E-state index in [1.165, 1.54) is 41.0 Å². The lowest BCUT2D eigenvalue weighted by Crippen LogP contribution is -2.39. The number of fused-ring (bicyclic) bond motifs is 2. The number of rotatable bonds is 11. The molecule has 6 rings (SSSR count). The Morgan fingerprint density at radius 2 is 1.78 bits per heavy atom. The molecule has 2 aliphatic rings. The van der Waals surface area contributed by atoms with Crippen LogP contribution in [0.1, 0.15) is 52.2 Å². The van der Waals surface area contributed by atoms with Crippen LogP contribution in [0.5, 0.6) is 5.75 Å². The molecule has 0 aliphatic carbocycles. The van der Waals surface area contributed by atoms with Gasteiger partial charge in [0.05, 0.1) is 29.8 Å². The van der Waals surface area contributed by atoms with Gasteiger partial charge in [0.15, 0.2) is 0 Å². The first-order valence-corrected chi connectivity index (χ1v) is 19.2. The largest absolute Gasteiger partial charge is 0.490 e. The smallest absolute Gasteiger partial charge is 0.410 e. The molecule has 15 heteroatoms. The average Bonchev–Trinajstić information content (AvgIpc) is 3.80. The van der Waals surface area contributed by atoms with Gasteiger partial charge in [-0.1, -0.05) is 32.6 Å². The number of benzene rings is 2. The zero-order valence-electron chi connectivity index (χ0n) is 31.8. The van der Waals surface area contributed by atoms with Crippen molar-refractivity contribution in [2.45, 2.75) is 65.7 Å². The Hall–Kier alpha value is -5.15. The molecule has 0 saturated carbocycles. The number of thiophene rings is 1. The summed E-state index contributed by atoms with van der Waals surface area (Å²) in [5.41, 5.74) is 3.27. The number of halogens is 2. The van der Waals surface area contributed by atoms with Crippen LogP contribution in [0.4, 0.5) is 18.4 Å². The van der Waals surface area contributed by atoms with Gasteiger partial charge in [-0.3, -0.25) is 4.79 Å². The maximum Gasteiger partial charge on any atom is 0.410 e. The molecule has 1 N–H and O–H groups in total. The minimum atomic E-state index is -0.603. The third-order valence-electron chi connectivity index (χ3n) is 8.70. The normalized spacial score (nSPS) is 15.1. The topological polar surface area (TPSA) is 132 Å². The Kier molecular flexibility index (Phi) is 13.8. The summed E-state index contributed by atoms with van der Waals surface area (Å²) in [5.74, 6) is -0.982. The van der Waals surface area contributed by atoms with Crippen molar-refractivity contribution in [2.75, 3.05) is 46.0 Å². The molecule has 0 radical (unpaired) electrons. The number of aromatic nitrogens is 2. The second kappa shape index (κ2) is 18.5. The summed E-state index contributed by atoms with van der Waals surface area (Å²) in [6.07, 6.45) is 1.04. The van der Waals surface area contributed by atoms with Gasteiger partial charge in [-0.05, 0) is 62.6 Å². The lowest BCUT2D eigenvalue weighted by Gasteiger charge is -2.31. The quantitative estimate of drug-likeness (QED) is 0.121. The predicted octanol–water partition coefficient (Wildman–Crippen LogP) is 7.53. The second-order valence-corrected chi connectivity index (χ2v) is 14.5. The SMILES string of the molecule is C=CC(=O)N1CCC(OC(=O)NCCOCCOc2cc(F)ccc2-c2nnc(-c3ccc4c(c3)CCN(C(=O)OC(C)(C)C)C4)c3c(F)csc23)C1.CC. The maximum absolute atomic E-state index is 15.5. The van der Waals surface area contributed by atoms with Crippen LogP contribution in [-0.2, 0) is 32.0 Å². The van der Waals surface area contributed by atoms with Crippen molar-refractivity contribution in [2.24, 2.45) is 0 Å². The minimum absolute atomic E-state index is 0.0596. The summed E-state index contributed by atoms with van der Waals surface area (Å²) in [6.45, 7) is 15.2. The number of likely N-dealkylation sites (tertiary alicyclic amines) is 1. The Morgan fingerprint density at radius 1 is 1.00 bits per heavy atom. The third-order valence-corrected chi connectivity index (χ3v) is 9.65. The Morgan fingerprint density at radius 3 is 2.55 bits per heavy atom. The molecule has 2 aromatic heterocycles. The highest BCUT2D eigenvalue weighted by Gasteiger charge is 2.29. The third kappa shape index (κ3) is 10.3. The van der Waals surface area contributed by atoms with Gasteiger partial charge in [-0.25, -0.2) is 18.4 Å². The molecule has 2 aromatic carbocycles. The van der Waals surface area contributed by atoms with E-state index < -0.39 is 23.3 Å². The van der Waals surface area contributed by atoms with Gasteiger partial charge in [0.2, 0.25) is 5.91 Å². The summed E-state index contributed by atoms with van der Waals surface area (Å²) in [7, 11) is 0. The molecule has 1 atom stereocenters. The molecule has 4 aromatic rings. The van der Waals surface area contributed by atoms with E-state index in [0.29, 0.717) is 71.6 Å². The van der Waals surface area contributed by atoms with Crippen molar-refractivity contribution in [3.8, 4) is 28.3 Å². The van der Waals surface area contributed by atoms with Crippen LogP contribution in [0, 0.1) is 11.6 Å². The molecule has 4 heterocycles. The number of hydrogen-bond acceptors (Lipinski definition) is 10. The van der Waals surface area contributed by atoms with E-state index in [0.717, 1.165) is 11.1 Å². The molecular weight excluding hydrogens is 733 g/mol. The van der Waals surface area contributed by atoms with E-state index in [1.54, 1.807) is 9.80 Å². The number of carbonyl (C=O) groups excluding carboxylic acids is 3. The highest BCUT2D eigenvalue weighted by Crippen LogP contribution is 2.41.